The summed E-state index contributed by atoms with van der Waals surface area (Å²) in [5.74, 6) is 2.46. The molecular formula is C11H16O2Si. The topological polar surface area (TPSA) is 26.3 Å². The molecule has 0 atom stereocenters. The number of esters is 1. The van der Waals surface area contributed by atoms with Crippen LogP contribution in [0.5, 0.6) is 0 Å². The summed E-state index contributed by atoms with van der Waals surface area (Å²) in [6, 6.07) is 0. The van der Waals surface area contributed by atoms with Gasteiger partial charge in [-0.15, -0.1) is 5.54 Å². The zero-order valence-corrected chi connectivity index (χ0v) is 9.96. The molecule has 0 spiro atoms. The maximum Gasteiger partial charge on any atom is 0.331 e. The molecule has 0 N–H and O–H groups in total. The van der Waals surface area contributed by atoms with Gasteiger partial charge in [0.1, 0.15) is 14.7 Å². The van der Waals surface area contributed by atoms with Crippen LogP contribution in [0.2, 0.25) is 19.6 Å². The van der Waals surface area contributed by atoms with Gasteiger partial charge in [-0.2, -0.15) is 0 Å². The van der Waals surface area contributed by atoms with Gasteiger partial charge in [0.25, 0.3) is 0 Å². The second-order valence-electron chi connectivity index (χ2n) is 3.77. The number of hydrogen-bond acceptors (Lipinski definition) is 2. The van der Waals surface area contributed by atoms with Crippen LogP contribution in [0.1, 0.15) is 0 Å². The fraction of sp³-hybridized carbons (Fsp3) is 0.364. The SMILES string of the molecule is C=CCOC(=O)/C=C/C#C[Si](C)(C)C. The van der Waals surface area contributed by atoms with Crippen molar-refractivity contribution in [2.45, 2.75) is 19.6 Å². The molecule has 0 fully saturated rings. The van der Waals surface area contributed by atoms with Crippen molar-refractivity contribution in [1.29, 1.82) is 0 Å². The molecule has 0 saturated heterocycles. The average Bonchev–Trinajstić information content (AvgIpc) is 2.07. The minimum absolute atomic E-state index is 0.241. The van der Waals surface area contributed by atoms with Gasteiger partial charge in [0.2, 0.25) is 0 Å². The molecule has 3 heteroatoms. The number of carbonyl (C=O) groups excluding carboxylic acids is 1. The lowest BCUT2D eigenvalue weighted by molar-refractivity contribution is -0.136. The maximum absolute atomic E-state index is 10.9. The molecule has 0 heterocycles. The lowest BCUT2D eigenvalue weighted by Gasteiger charge is -2.02. The highest BCUT2D eigenvalue weighted by Gasteiger charge is 2.06. The summed E-state index contributed by atoms with van der Waals surface area (Å²) in [5, 5.41) is 0. The Hall–Kier alpha value is -1.27. The van der Waals surface area contributed by atoms with E-state index in [1.165, 1.54) is 18.2 Å². The molecule has 0 unspecified atom stereocenters. The Labute approximate surface area is 86.7 Å². The Balaban J connectivity index is 3.98. The third kappa shape index (κ3) is 8.82. The van der Waals surface area contributed by atoms with Crippen LogP contribution in [-0.2, 0) is 9.53 Å². The van der Waals surface area contributed by atoms with Crippen molar-refractivity contribution >= 4 is 14.0 Å². The van der Waals surface area contributed by atoms with Gasteiger partial charge in [-0.05, 0) is 6.08 Å². The zero-order valence-electron chi connectivity index (χ0n) is 8.96. The predicted octanol–water partition coefficient (Wildman–Crippen LogP) is 2.15. The van der Waals surface area contributed by atoms with Gasteiger partial charge in [0.05, 0.1) is 0 Å². The van der Waals surface area contributed by atoms with Crippen LogP contribution in [0.25, 0.3) is 0 Å². The van der Waals surface area contributed by atoms with Gasteiger partial charge in [0, 0.05) is 6.08 Å². The molecule has 0 radical (unpaired) electrons. The predicted molar refractivity (Wildman–Crippen MR) is 61.4 cm³/mol. The first-order chi connectivity index (χ1) is 6.45. The third-order valence-electron chi connectivity index (χ3n) is 1.09. The molecule has 0 rings (SSSR count). The van der Waals surface area contributed by atoms with E-state index in [0.717, 1.165) is 0 Å². The smallest absolute Gasteiger partial charge is 0.331 e. The standard InChI is InChI=1S/C11H16O2Si/c1-5-9-13-11(12)8-6-7-10-14(2,3)4/h5-6,8H,1,9H2,2-4H3/b8-6+. The molecule has 0 bridgehead atoms. The van der Waals surface area contributed by atoms with Crippen LogP contribution < -0.4 is 0 Å². The van der Waals surface area contributed by atoms with Crippen molar-refractivity contribution in [1.82, 2.24) is 0 Å². The zero-order chi connectivity index (χ0) is 11.0. The van der Waals surface area contributed by atoms with Gasteiger partial charge in [-0.3, -0.25) is 0 Å². The minimum Gasteiger partial charge on any atom is -0.458 e. The Morgan fingerprint density at radius 3 is 2.64 bits per heavy atom. The number of allylic oxidation sites excluding steroid dienone is 1. The second kappa shape index (κ2) is 6.22. The van der Waals surface area contributed by atoms with Gasteiger partial charge < -0.3 is 4.74 Å². The van der Waals surface area contributed by atoms with Crippen molar-refractivity contribution < 1.29 is 9.53 Å². The minimum atomic E-state index is -1.34. The van der Waals surface area contributed by atoms with Crippen LogP contribution in [-0.4, -0.2) is 20.7 Å². The maximum atomic E-state index is 10.9. The highest BCUT2D eigenvalue weighted by molar-refractivity contribution is 6.83. The van der Waals surface area contributed by atoms with Crippen molar-refractivity contribution in [3.8, 4) is 11.5 Å². The molecule has 76 valence electrons. The first-order valence-electron chi connectivity index (χ1n) is 4.42. The molecule has 0 aliphatic carbocycles. The van der Waals surface area contributed by atoms with Crippen LogP contribution in [0.4, 0.5) is 0 Å². The summed E-state index contributed by atoms with van der Waals surface area (Å²) >= 11 is 0. The summed E-state index contributed by atoms with van der Waals surface area (Å²) < 4.78 is 4.72. The quantitative estimate of drug-likeness (QED) is 0.233. The largest absolute Gasteiger partial charge is 0.458 e. The Morgan fingerprint density at radius 2 is 2.14 bits per heavy atom. The molecular weight excluding hydrogens is 192 g/mol. The molecule has 2 nitrogen and oxygen atoms in total. The lowest BCUT2D eigenvalue weighted by Crippen LogP contribution is -2.16. The Kier molecular flexibility index (Phi) is 5.66. The first-order valence-corrected chi connectivity index (χ1v) is 7.92. The van der Waals surface area contributed by atoms with Crippen LogP contribution >= 0.6 is 0 Å². The summed E-state index contributed by atoms with van der Waals surface area (Å²) in [6.45, 7) is 10.1. The highest BCUT2D eigenvalue weighted by atomic mass is 28.3. The molecule has 0 aromatic heterocycles. The van der Waals surface area contributed by atoms with E-state index in [0.29, 0.717) is 0 Å². The van der Waals surface area contributed by atoms with E-state index in [1.807, 2.05) is 0 Å². The molecule has 0 aliphatic heterocycles. The lowest BCUT2D eigenvalue weighted by atomic mass is 10.5. The van der Waals surface area contributed by atoms with Crippen molar-refractivity contribution in [3.63, 3.8) is 0 Å². The highest BCUT2D eigenvalue weighted by Crippen LogP contribution is 1.95. The fourth-order valence-corrected chi connectivity index (χ4v) is 1.07. The van der Waals surface area contributed by atoms with Crippen LogP contribution in [0, 0.1) is 11.5 Å². The van der Waals surface area contributed by atoms with Crippen molar-refractivity contribution in [2.75, 3.05) is 6.61 Å². The number of ether oxygens (including phenoxy) is 1. The summed E-state index contributed by atoms with van der Waals surface area (Å²) in [7, 11) is -1.34. The summed E-state index contributed by atoms with van der Waals surface area (Å²) in [5.41, 5.74) is 3.11. The van der Waals surface area contributed by atoms with Gasteiger partial charge >= 0.3 is 5.97 Å². The monoisotopic (exact) mass is 208 g/mol. The van der Waals surface area contributed by atoms with Crippen LogP contribution in [0.3, 0.4) is 0 Å². The molecule has 0 aliphatic rings. The van der Waals surface area contributed by atoms with E-state index in [-0.39, 0.29) is 12.6 Å². The molecule has 0 aromatic rings. The Bertz CT molecular complexity index is 287. The van der Waals surface area contributed by atoms with E-state index in [2.05, 4.69) is 37.7 Å². The van der Waals surface area contributed by atoms with Gasteiger partial charge in [-0.1, -0.05) is 38.2 Å². The number of rotatable bonds is 3. The van der Waals surface area contributed by atoms with Gasteiger partial charge in [0.15, 0.2) is 0 Å². The van der Waals surface area contributed by atoms with E-state index in [9.17, 15) is 4.79 Å². The Morgan fingerprint density at radius 1 is 1.50 bits per heavy atom. The second-order valence-corrected chi connectivity index (χ2v) is 8.52. The normalized spacial score (nSPS) is 10.5. The average molecular weight is 208 g/mol. The van der Waals surface area contributed by atoms with Crippen LogP contribution in [0.15, 0.2) is 24.8 Å². The number of hydrogen-bond donors (Lipinski definition) is 0. The third-order valence-corrected chi connectivity index (χ3v) is 1.99. The summed E-state index contributed by atoms with van der Waals surface area (Å²) in [4.78, 5) is 10.9. The molecule has 0 amide bonds. The van der Waals surface area contributed by atoms with Crippen molar-refractivity contribution in [3.05, 3.63) is 24.8 Å². The number of carbonyl (C=O) groups is 1. The van der Waals surface area contributed by atoms with Gasteiger partial charge in [-0.25, -0.2) is 4.79 Å². The fourth-order valence-electron chi connectivity index (χ4n) is 0.557. The van der Waals surface area contributed by atoms with E-state index < -0.39 is 8.07 Å². The van der Waals surface area contributed by atoms with Crippen molar-refractivity contribution in [2.24, 2.45) is 0 Å². The molecule has 0 saturated carbocycles. The molecule has 0 aromatic carbocycles. The summed E-state index contributed by atoms with van der Waals surface area (Å²) in [6.07, 6.45) is 4.39. The van der Waals surface area contributed by atoms with E-state index >= 15 is 0 Å². The van der Waals surface area contributed by atoms with E-state index in [4.69, 9.17) is 4.74 Å². The first kappa shape index (κ1) is 12.7. The molecule has 14 heavy (non-hydrogen) atoms. The van der Waals surface area contributed by atoms with E-state index in [1.54, 1.807) is 0 Å².